The van der Waals surface area contributed by atoms with Crippen LogP contribution in [0.25, 0.3) is 5.69 Å². The molecule has 3 rings (SSSR count). The minimum Gasteiger partial charge on any atom is -0.356 e. The van der Waals surface area contributed by atoms with Gasteiger partial charge in [-0.05, 0) is 62.5 Å². The van der Waals surface area contributed by atoms with Crippen molar-refractivity contribution in [3.05, 3.63) is 48.3 Å². The van der Waals surface area contributed by atoms with Gasteiger partial charge < -0.3 is 20.1 Å². The van der Waals surface area contributed by atoms with E-state index in [4.69, 9.17) is 0 Å². The SMILES string of the molecule is CN=C(NCCCN1CCC(C)CC1)NCc1ccc(-n2ccnc2)c(F)c1.I. The van der Waals surface area contributed by atoms with Gasteiger partial charge in [0.05, 0.1) is 12.0 Å². The number of guanidine groups is 1. The zero-order valence-corrected chi connectivity index (χ0v) is 19.6. The van der Waals surface area contributed by atoms with E-state index in [0.29, 0.717) is 12.2 Å². The molecule has 1 aliphatic rings. The van der Waals surface area contributed by atoms with Gasteiger partial charge in [-0.15, -0.1) is 24.0 Å². The molecule has 2 heterocycles. The van der Waals surface area contributed by atoms with Gasteiger partial charge in [-0.2, -0.15) is 0 Å². The molecule has 0 amide bonds. The Morgan fingerprint density at radius 2 is 2.07 bits per heavy atom. The number of benzene rings is 1. The van der Waals surface area contributed by atoms with Crippen molar-refractivity contribution in [1.82, 2.24) is 25.1 Å². The predicted molar refractivity (Wildman–Crippen MR) is 127 cm³/mol. The Bertz CT molecular complexity index is 757. The molecule has 1 saturated heterocycles. The van der Waals surface area contributed by atoms with Crippen LogP contribution >= 0.6 is 24.0 Å². The smallest absolute Gasteiger partial charge is 0.191 e. The fourth-order valence-electron chi connectivity index (χ4n) is 3.47. The fraction of sp³-hybridized carbons (Fsp3) is 0.524. The summed E-state index contributed by atoms with van der Waals surface area (Å²) in [4.78, 5) is 10.8. The Morgan fingerprint density at radius 3 is 2.72 bits per heavy atom. The Labute approximate surface area is 190 Å². The van der Waals surface area contributed by atoms with Crippen LogP contribution in [0.1, 0.15) is 31.7 Å². The van der Waals surface area contributed by atoms with Crippen molar-refractivity contribution in [2.24, 2.45) is 10.9 Å². The Hall–Kier alpha value is -1.68. The van der Waals surface area contributed by atoms with Crippen molar-refractivity contribution < 1.29 is 4.39 Å². The van der Waals surface area contributed by atoms with Crippen LogP contribution in [-0.2, 0) is 6.54 Å². The van der Waals surface area contributed by atoms with E-state index in [1.165, 1.54) is 25.9 Å². The molecule has 6 nitrogen and oxygen atoms in total. The summed E-state index contributed by atoms with van der Waals surface area (Å²) in [6, 6.07) is 5.23. The molecule has 1 aromatic carbocycles. The quantitative estimate of drug-likeness (QED) is 0.258. The average Bonchev–Trinajstić information content (AvgIpc) is 3.23. The number of aromatic nitrogens is 2. The molecule has 0 aliphatic carbocycles. The van der Waals surface area contributed by atoms with E-state index in [1.54, 1.807) is 42.5 Å². The van der Waals surface area contributed by atoms with Crippen molar-refractivity contribution in [2.75, 3.05) is 33.2 Å². The third kappa shape index (κ3) is 7.26. The number of nitrogens with one attached hydrogen (secondary N) is 2. The maximum atomic E-state index is 14.3. The lowest BCUT2D eigenvalue weighted by Crippen LogP contribution is -2.39. The van der Waals surface area contributed by atoms with Crippen LogP contribution in [0.3, 0.4) is 0 Å². The number of rotatable bonds is 7. The first-order valence-corrected chi connectivity index (χ1v) is 10.1. The topological polar surface area (TPSA) is 57.5 Å². The summed E-state index contributed by atoms with van der Waals surface area (Å²) >= 11 is 0. The monoisotopic (exact) mass is 514 g/mol. The van der Waals surface area contributed by atoms with E-state index in [-0.39, 0.29) is 29.8 Å². The van der Waals surface area contributed by atoms with Gasteiger partial charge in [0.25, 0.3) is 0 Å². The molecular weight excluding hydrogens is 482 g/mol. The van der Waals surface area contributed by atoms with Crippen LogP contribution in [0.2, 0.25) is 0 Å². The Kier molecular flexibility index (Phi) is 9.86. The van der Waals surface area contributed by atoms with Crippen molar-refractivity contribution in [3.8, 4) is 5.69 Å². The van der Waals surface area contributed by atoms with Crippen molar-refractivity contribution >= 4 is 29.9 Å². The second-order valence-corrected chi connectivity index (χ2v) is 7.49. The lowest BCUT2D eigenvalue weighted by Gasteiger charge is -2.30. The van der Waals surface area contributed by atoms with Gasteiger partial charge in [0.2, 0.25) is 0 Å². The standard InChI is InChI=1S/C21H31FN6.HI/c1-17-6-11-27(12-7-17)10-3-8-25-21(23-2)26-15-18-4-5-20(19(22)14-18)28-13-9-24-16-28;/h4-5,9,13-14,16-17H,3,6-8,10-12,15H2,1-2H3,(H2,23,25,26);1H. The summed E-state index contributed by atoms with van der Waals surface area (Å²) in [5.74, 6) is 1.35. The highest BCUT2D eigenvalue weighted by atomic mass is 127. The number of nitrogens with zero attached hydrogens (tertiary/aromatic N) is 4. The molecule has 2 N–H and O–H groups in total. The first-order valence-electron chi connectivity index (χ1n) is 10.1. The van der Waals surface area contributed by atoms with E-state index < -0.39 is 0 Å². The van der Waals surface area contributed by atoms with E-state index >= 15 is 0 Å². The molecule has 0 bridgehead atoms. The third-order valence-corrected chi connectivity index (χ3v) is 5.30. The highest BCUT2D eigenvalue weighted by Gasteiger charge is 2.14. The molecule has 0 radical (unpaired) electrons. The first-order chi connectivity index (χ1) is 13.7. The van der Waals surface area contributed by atoms with E-state index in [2.05, 4.69) is 32.4 Å². The van der Waals surface area contributed by atoms with Crippen LogP contribution in [0.4, 0.5) is 4.39 Å². The maximum Gasteiger partial charge on any atom is 0.191 e. The zero-order chi connectivity index (χ0) is 19.8. The van der Waals surface area contributed by atoms with Crippen LogP contribution in [0, 0.1) is 11.7 Å². The molecule has 0 unspecified atom stereocenters. The van der Waals surface area contributed by atoms with Crippen LogP contribution in [-0.4, -0.2) is 53.6 Å². The van der Waals surface area contributed by atoms with Crippen molar-refractivity contribution in [2.45, 2.75) is 32.7 Å². The fourth-order valence-corrected chi connectivity index (χ4v) is 3.47. The number of piperidine rings is 1. The second-order valence-electron chi connectivity index (χ2n) is 7.49. The van der Waals surface area contributed by atoms with E-state index in [1.807, 2.05) is 6.07 Å². The summed E-state index contributed by atoms with van der Waals surface area (Å²) in [6.07, 6.45) is 8.67. The predicted octanol–water partition coefficient (Wildman–Crippen LogP) is 3.42. The Balaban J connectivity index is 0.00000300. The van der Waals surface area contributed by atoms with Gasteiger partial charge in [-0.3, -0.25) is 4.99 Å². The van der Waals surface area contributed by atoms with Gasteiger partial charge in [0.1, 0.15) is 5.82 Å². The number of hydrogen-bond donors (Lipinski definition) is 2. The van der Waals surface area contributed by atoms with Gasteiger partial charge in [0.15, 0.2) is 5.96 Å². The highest BCUT2D eigenvalue weighted by Crippen LogP contribution is 2.16. The Morgan fingerprint density at radius 1 is 1.28 bits per heavy atom. The summed E-state index contributed by atoms with van der Waals surface area (Å²) < 4.78 is 16.0. The molecule has 1 aliphatic heterocycles. The molecule has 1 aromatic heterocycles. The number of imidazole rings is 1. The number of likely N-dealkylation sites (tertiary alicyclic amines) is 1. The van der Waals surface area contributed by atoms with Crippen molar-refractivity contribution in [3.63, 3.8) is 0 Å². The zero-order valence-electron chi connectivity index (χ0n) is 17.3. The lowest BCUT2D eigenvalue weighted by atomic mass is 9.99. The van der Waals surface area contributed by atoms with Crippen molar-refractivity contribution in [1.29, 1.82) is 0 Å². The van der Waals surface area contributed by atoms with E-state index in [0.717, 1.165) is 37.0 Å². The molecule has 160 valence electrons. The normalized spacial score (nSPS) is 15.8. The molecule has 0 atom stereocenters. The minimum atomic E-state index is -0.268. The van der Waals surface area contributed by atoms with Gasteiger partial charge in [0, 0.05) is 32.5 Å². The molecule has 8 heteroatoms. The highest BCUT2D eigenvalue weighted by molar-refractivity contribution is 14.0. The molecule has 2 aromatic rings. The van der Waals surface area contributed by atoms with Crippen LogP contribution in [0.15, 0.2) is 41.9 Å². The minimum absolute atomic E-state index is 0. The summed E-state index contributed by atoms with van der Waals surface area (Å²) in [6.45, 7) is 7.29. The lowest BCUT2D eigenvalue weighted by molar-refractivity contribution is 0.191. The maximum absolute atomic E-state index is 14.3. The first kappa shape index (κ1) is 23.6. The van der Waals surface area contributed by atoms with Crippen LogP contribution < -0.4 is 10.6 Å². The summed E-state index contributed by atoms with van der Waals surface area (Å²) in [5.41, 5.74) is 1.36. The second kappa shape index (κ2) is 12.1. The molecule has 0 spiro atoms. The van der Waals surface area contributed by atoms with E-state index in [9.17, 15) is 4.39 Å². The molecular formula is C21H32FIN6. The largest absolute Gasteiger partial charge is 0.356 e. The average molecular weight is 514 g/mol. The number of hydrogen-bond acceptors (Lipinski definition) is 3. The molecule has 29 heavy (non-hydrogen) atoms. The van der Waals surface area contributed by atoms with Crippen LogP contribution in [0.5, 0.6) is 0 Å². The number of halogens is 2. The third-order valence-electron chi connectivity index (χ3n) is 5.30. The number of aliphatic imine (C=N–C) groups is 1. The molecule has 0 saturated carbocycles. The summed E-state index contributed by atoms with van der Waals surface area (Å²) in [5, 5.41) is 6.59. The van der Waals surface area contributed by atoms with Gasteiger partial charge >= 0.3 is 0 Å². The molecule has 1 fully saturated rings. The van der Waals surface area contributed by atoms with Gasteiger partial charge in [-0.1, -0.05) is 13.0 Å². The summed E-state index contributed by atoms with van der Waals surface area (Å²) in [7, 11) is 1.75. The van der Waals surface area contributed by atoms with Gasteiger partial charge in [-0.25, -0.2) is 9.37 Å².